The lowest BCUT2D eigenvalue weighted by Gasteiger charge is -2.46. The van der Waals surface area contributed by atoms with Crippen molar-refractivity contribution < 1.29 is 27.9 Å². The maximum absolute atomic E-state index is 15.0. The number of amides is 1. The molecule has 0 spiro atoms. The molecule has 5 heterocycles. The van der Waals surface area contributed by atoms with Gasteiger partial charge in [-0.15, -0.1) is 0 Å². The summed E-state index contributed by atoms with van der Waals surface area (Å²) in [5, 5.41) is 7.17. The molecule has 0 saturated carbocycles. The van der Waals surface area contributed by atoms with E-state index in [9.17, 15) is 13.6 Å². The lowest BCUT2D eigenvalue weighted by atomic mass is 10.0. The predicted octanol–water partition coefficient (Wildman–Crippen LogP) is 5.15. The van der Waals surface area contributed by atoms with Crippen molar-refractivity contribution in [3.05, 3.63) is 71.5 Å². The molecule has 3 aromatic rings. The number of carbonyl (C=O) groups excluding carboxylic acids is 1. The van der Waals surface area contributed by atoms with Gasteiger partial charge in [0.25, 0.3) is 0 Å². The Hall–Kier alpha value is -4.08. The van der Waals surface area contributed by atoms with E-state index in [1.165, 1.54) is 23.5 Å². The van der Waals surface area contributed by atoms with Crippen LogP contribution in [0.3, 0.4) is 0 Å². The van der Waals surface area contributed by atoms with Crippen LogP contribution in [0, 0.1) is 11.6 Å². The van der Waals surface area contributed by atoms with Crippen molar-refractivity contribution in [1.29, 1.82) is 0 Å². The average Bonchev–Trinajstić information content (AvgIpc) is 3.60. The summed E-state index contributed by atoms with van der Waals surface area (Å²) in [4.78, 5) is 34.6. The van der Waals surface area contributed by atoms with Gasteiger partial charge < -0.3 is 25.0 Å². The van der Waals surface area contributed by atoms with Gasteiger partial charge in [-0.25, -0.2) is 23.8 Å². The molecular weight excluding hydrogens is 670 g/mol. The van der Waals surface area contributed by atoms with E-state index in [2.05, 4.69) is 41.9 Å². The first kappa shape index (κ1) is 34.4. The minimum Gasteiger partial charge on any atom is -0.494 e. The Kier molecular flexibility index (Phi) is 10.3. The van der Waals surface area contributed by atoms with Crippen molar-refractivity contribution in [1.82, 2.24) is 19.8 Å². The molecule has 2 aromatic carbocycles. The van der Waals surface area contributed by atoms with E-state index in [0.29, 0.717) is 53.9 Å². The van der Waals surface area contributed by atoms with E-state index in [1.807, 2.05) is 12.1 Å². The molecule has 1 atom stereocenters. The van der Waals surface area contributed by atoms with E-state index in [-0.39, 0.29) is 11.5 Å². The zero-order chi connectivity index (χ0) is 34.8. The van der Waals surface area contributed by atoms with Crippen LogP contribution >= 0.6 is 11.6 Å². The summed E-state index contributed by atoms with van der Waals surface area (Å²) in [6.07, 6.45) is 5.07. The van der Waals surface area contributed by atoms with Gasteiger partial charge in [0.1, 0.15) is 34.6 Å². The molecule has 0 bridgehead atoms. The Morgan fingerprint density at radius 3 is 2.42 bits per heavy atom. The lowest BCUT2D eigenvalue weighted by molar-refractivity contribution is -0.111. The minimum absolute atomic E-state index is 0.202. The monoisotopic (exact) mass is 710 g/mol. The number of rotatable bonds is 10. The molecule has 0 radical (unpaired) electrons. The van der Waals surface area contributed by atoms with E-state index in [4.69, 9.17) is 25.9 Å². The van der Waals surface area contributed by atoms with E-state index < -0.39 is 22.7 Å². The molecule has 15 heteroatoms. The third-order valence-corrected chi connectivity index (χ3v) is 10.4. The molecule has 12 nitrogen and oxygen atoms in total. The van der Waals surface area contributed by atoms with Crippen molar-refractivity contribution in [2.75, 3.05) is 86.8 Å². The minimum atomic E-state index is -0.833. The first-order valence-corrected chi connectivity index (χ1v) is 17.3. The topological polar surface area (TPSA) is 108 Å². The van der Waals surface area contributed by atoms with Gasteiger partial charge in [-0.3, -0.25) is 19.4 Å². The highest BCUT2D eigenvalue weighted by molar-refractivity contribution is 6.31. The number of hydrogen-bond acceptors (Lipinski definition) is 11. The molecule has 7 rings (SSSR count). The van der Waals surface area contributed by atoms with Crippen molar-refractivity contribution in [3.63, 3.8) is 0 Å². The van der Waals surface area contributed by atoms with Gasteiger partial charge in [0, 0.05) is 69.4 Å². The number of benzene rings is 2. The number of carbonyl (C=O) groups is 1. The standard InChI is InChI=1S/C35H41ClF2N8O4/c1-3-33(47)42-26-16-27(41-31-18-32(40-21-39-31)46-28(8-15-50-46)24-4-5-25(37)34(36)35(24)38)30(48-2)17-29(26)45-9-6-22(7-10-45)43-11-13-44(14-12-43)23-19-49-20-23/h3-5,16-18,21-23,28H,1,6-15,19-20H2,2H3,(H,42,47)(H,39,40,41). The van der Waals surface area contributed by atoms with Crippen molar-refractivity contribution in [2.45, 2.75) is 37.4 Å². The molecule has 4 aliphatic heterocycles. The number of hydrogen-bond donors (Lipinski definition) is 2. The fourth-order valence-electron chi connectivity index (χ4n) is 7.20. The molecular formula is C35H41ClF2N8O4. The van der Waals surface area contributed by atoms with Gasteiger partial charge in [-0.1, -0.05) is 24.2 Å². The maximum Gasteiger partial charge on any atom is 0.247 e. The lowest BCUT2D eigenvalue weighted by Crippen LogP contribution is -2.59. The van der Waals surface area contributed by atoms with Gasteiger partial charge in [-0.05, 0) is 31.1 Å². The van der Waals surface area contributed by atoms with E-state index >= 15 is 0 Å². The predicted molar refractivity (Wildman–Crippen MR) is 187 cm³/mol. The summed E-state index contributed by atoms with van der Waals surface area (Å²) in [5.41, 5.74) is 2.22. The molecule has 1 unspecified atom stereocenters. The summed E-state index contributed by atoms with van der Waals surface area (Å²) in [5.74, 6) is -0.679. The van der Waals surface area contributed by atoms with Crippen LogP contribution in [0.5, 0.6) is 5.75 Å². The number of halogens is 3. The fourth-order valence-corrected chi connectivity index (χ4v) is 7.38. The summed E-state index contributed by atoms with van der Waals surface area (Å²) in [6, 6.07) is 8.41. The largest absolute Gasteiger partial charge is 0.494 e. The molecule has 2 N–H and O–H groups in total. The van der Waals surface area contributed by atoms with Crippen molar-refractivity contribution >= 4 is 46.2 Å². The zero-order valence-corrected chi connectivity index (χ0v) is 28.7. The Morgan fingerprint density at radius 1 is 1.00 bits per heavy atom. The highest BCUT2D eigenvalue weighted by atomic mass is 35.5. The van der Waals surface area contributed by atoms with Crippen LogP contribution < -0.4 is 25.3 Å². The zero-order valence-electron chi connectivity index (χ0n) is 27.9. The van der Waals surface area contributed by atoms with Crippen molar-refractivity contribution in [3.8, 4) is 5.75 Å². The molecule has 1 amide bonds. The smallest absolute Gasteiger partial charge is 0.247 e. The second kappa shape index (κ2) is 15.0. The SMILES string of the molecule is C=CC(=O)Nc1cc(Nc2cc(N3OCCC3c3ccc(F)c(Cl)c3F)ncn2)c(OC)cc1N1CCC(N2CCN(C3COC3)CC2)CC1. The van der Waals surface area contributed by atoms with Crippen LogP contribution in [0.4, 0.5) is 37.5 Å². The van der Waals surface area contributed by atoms with Gasteiger partial charge >= 0.3 is 0 Å². The number of nitrogens with zero attached hydrogens (tertiary/aromatic N) is 6. The Bertz CT molecular complexity index is 1720. The first-order valence-electron chi connectivity index (χ1n) is 16.9. The second-order valence-corrected chi connectivity index (χ2v) is 13.2. The fraction of sp³-hybridized carbons (Fsp3) is 0.457. The van der Waals surface area contributed by atoms with E-state index in [1.54, 1.807) is 13.2 Å². The first-order chi connectivity index (χ1) is 24.3. The Balaban J connectivity index is 1.08. The van der Waals surface area contributed by atoms with Crippen LogP contribution in [0.1, 0.15) is 30.9 Å². The van der Waals surface area contributed by atoms with Crippen molar-refractivity contribution in [2.24, 2.45) is 0 Å². The Labute approximate surface area is 294 Å². The summed E-state index contributed by atoms with van der Waals surface area (Å²) in [6.45, 7) is 11.6. The average molecular weight is 711 g/mol. The van der Waals surface area contributed by atoms with E-state index in [0.717, 1.165) is 77.1 Å². The number of aromatic nitrogens is 2. The third-order valence-electron chi connectivity index (χ3n) is 10.0. The van der Waals surface area contributed by atoms with Gasteiger partial charge in [-0.2, -0.15) is 0 Å². The number of nitrogens with one attached hydrogen (secondary N) is 2. The number of methoxy groups -OCH3 is 1. The number of piperidine rings is 1. The van der Waals surface area contributed by atoms with Crippen LogP contribution in [-0.2, 0) is 14.4 Å². The number of piperazine rings is 1. The normalized spacial score (nSPS) is 20.8. The highest BCUT2D eigenvalue weighted by Gasteiger charge is 2.34. The molecule has 4 fully saturated rings. The van der Waals surface area contributed by atoms with Gasteiger partial charge in [0.15, 0.2) is 5.82 Å². The Morgan fingerprint density at radius 2 is 1.74 bits per heavy atom. The van der Waals surface area contributed by atoms with Crippen LogP contribution in [0.25, 0.3) is 0 Å². The maximum atomic E-state index is 15.0. The molecule has 4 saturated heterocycles. The molecule has 4 aliphatic rings. The van der Waals surface area contributed by atoms with Crippen LogP contribution in [-0.4, -0.2) is 104 Å². The van der Waals surface area contributed by atoms with Crippen LogP contribution in [0.15, 0.2) is 49.3 Å². The third kappa shape index (κ3) is 7.08. The summed E-state index contributed by atoms with van der Waals surface area (Å²) >= 11 is 5.87. The molecule has 0 aliphatic carbocycles. The molecule has 50 heavy (non-hydrogen) atoms. The highest BCUT2D eigenvalue weighted by Crippen LogP contribution is 2.41. The number of ether oxygens (including phenoxy) is 2. The second-order valence-electron chi connectivity index (χ2n) is 12.9. The van der Waals surface area contributed by atoms with Gasteiger partial charge in [0.05, 0.1) is 56.1 Å². The van der Waals surface area contributed by atoms with Gasteiger partial charge in [0.2, 0.25) is 5.91 Å². The quantitative estimate of drug-likeness (QED) is 0.216. The number of anilines is 5. The van der Waals surface area contributed by atoms with Crippen LogP contribution in [0.2, 0.25) is 5.02 Å². The summed E-state index contributed by atoms with van der Waals surface area (Å²) < 4.78 is 40.1. The number of hydroxylamine groups is 1. The molecule has 1 aromatic heterocycles. The summed E-state index contributed by atoms with van der Waals surface area (Å²) in [7, 11) is 1.59. The molecule has 266 valence electrons.